The van der Waals surface area contributed by atoms with Crippen molar-refractivity contribution in [1.82, 2.24) is 4.90 Å². The average Bonchev–Trinajstić information content (AvgIpc) is 2.96. The fourth-order valence-electron chi connectivity index (χ4n) is 7.21. The van der Waals surface area contributed by atoms with E-state index in [1.165, 1.54) is 13.8 Å². The van der Waals surface area contributed by atoms with Crippen LogP contribution >= 0.6 is 0 Å². The lowest BCUT2D eigenvalue weighted by molar-refractivity contribution is -0.296. The Morgan fingerprint density at radius 2 is 1.64 bits per heavy atom. The van der Waals surface area contributed by atoms with Crippen molar-refractivity contribution in [3.63, 3.8) is 0 Å². The molecular weight excluding hydrogens is 570 g/mol. The summed E-state index contributed by atoms with van der Waals surface area (Å²) in [7, 11) is 3.75. The summed E-state index contributed by atoms with van der Waals surface area (Å²) < 4.78 is 31.0. The lowest BCUT2D eigenvalue weighted by Gasteiger charge is -2.47. The number of esters is 1. The molecule has 0 spiro atoms. The zero-order valence-electron chi connectivity index (χ0n) is 28.1. The first-order valence-corrected chi connectivity index (χ1v) is 16.0. The molecule has 3 aliphatic heterocycles. The van der Waals surface area contributed by atoms with Gasteiger partial charge in [0.1, 0.15) is 29.5 Å². The first-order chi connectivity index (χ1) is 20.5. The summed E-state index contributed by atoms with van der Waals surface area (Å²) in [4.78, 5) is 43.4. The molecule has 11 heteroatoms. The summed E-state index contributed by atoms with van der Waals surface area (Å²) in [6.45, 7) is 13.8. The zero-order valence-corrected chi connectivity index (χ0v) is 28.1. The van der Waals surface area contributed by atoms with Crippen LogP contribution in [0.15, 0.2) is 12.2 Å². The Hall–Kier alpha value is -1.73. The molecule has 0 aliphatic carbocycles. The van der Waals surface area contributed by atoms with E-state index in [9.17, 15) is 24.6 Å². The highest BCUT2D eigenvalue weighted by Crippen LogP contribution is 2.39. The van der Waals surface area contributed by atoms with Crippen molar-refractivity contribution in [3.05, 3.63) is 12.2 Å². The van der Waals surface area contributed by atoms with Gasteiger partial charge in [-0.15, -0.1) is 0 Å². The van der Waals surface area contributed by atoms with Gasteiger partial charge in [-0.1, -0.05) is 39.8 Å². The molecule has 11 nitrogen and oxygen atoms in total. The second kappa shape index (κ2) is 14.8. The fourth-order valence-corrected chi connectivity index (χ4v) is 7.21. The molecule has 3 rings (SSSR count). The third kappa shape index (κ3) is 7.79. The van der Waals surface area contributed by atoms with E-state index in [1.54, 1.807) is 46.8 Å². The van der Waals surface area contributed by atoms with Gasteiger partial charge in [0, 0.05) is 23.8 Å². The number of cyclic esters (lactones) is 1. The lowest BCUT2D eigenvalue weighted by Crippen LogP contribution is -2.60. The molecule has 44 heavy (non-hydrogen) atoms. The number of hydrogen-bond acceptors (Lipinski definition) is 11. The van der Waals surface area contributed by atoms with Gasteiger partial charge >= 0.3 is 5.97 Å². The summed E-state index contributed by atoms with van der Waals surface area (Å²) in [6.07, 6.45) is -0.891. The van der Waals surface area contributed by atoms with Crippen LogP contribution < -0.4 is 0 Å². The van der Waals surface area contributed by atoms with Crippen molar-refractivity contribution < 1.29 is 48.3 Å². The summed E-state index contributed by atoms with van der Waals surface area (Å²) in [5.41, 5.74) is -2.96. The maximum atomic E-state index is 14.0. The maximum absolute atomic E-state index is 14.0. The molecule has 2 N–H and O–H groups in total. The molecule has 2 fully saturated rings. The van der Waals surface area contributed by atoms with Crippen LogP contribution in [0, 0.1) is 23.7 Å². The molecule has 3 heterocycles. The second-order valence-corrected chi connectivity index (χ2v) is 13.7. The number of aliphatic hydroxyl groups excluding tert-OH is 1. The Bertz CT molecular complexity index is 1050. The van der Waals surface area contributed by atoms with Gasteiger partial charge in [0.05, 0.1) is 37.1 Å². The number of carbonyl (C=O) groups is 3. The van der Waals surface area contributed by atoms with E-state index in [1.807, 2.05) is 25.9 Å². The quantitative estimate of drug-likeness (QED) is 0.271. The predicted octanol–water partition coefficient (Wildman–Crippen LogP) is 2.69. The van der Waals surface area contributed by atoms with E-state index in [0.29, 0.717) is 6.42 Å². The number of aliphatic hydroxyl groups is 2. The van der Waals surface area contributed by atoms with Crippen molar-refractivity contribution in [1.29, 1.82) is 0 Å². The summed E-state index contributed by atoms with van der Waals surface area (Å²) >= 11 is 0. The van der Waals surface area contributed by atoms with E-state index in [4.69, 9.17) is 23.7 Å². The normalized spacial score (nSPS) is 45.9. The van der Waals surface area contributed by atoms with Crippen molar-refractivity contribution in [2.45, 2.75) is 129 Å². The molecule has 0 aromatic heterocycles. The monoisotopic (exact) mass is 625 g/mol. The number of ether oxygens (including phenoxy) is 5. The number of nitrogens with zero attached hydrogens (tertiary/aromatic N) is 1. The van der Waals surface area contributed by atoms with Crippen molar-refractivity contribution in [2.75, 3.05) is 27.3 Å². The van der Waals surface area contributed by atoms with Gasteiger partial charge in [0.15, 0.2) is 12.1 Å². The van der Waals surface area contributed by atoms with Crippen LogP contribution in [0.5, 0.6) is 0 Å². The van der Waals surface area contributed by atoms with Crippen molar-refractivity contribution in [3.8, 4) is 0 Å². The molecule has 13 atom stereocenters. The number of ketones is 2. The minimum absolute atomic E-state index is 0.0917. The minimum Gasteiger partial charge on any atom is -0.459 e. The second-order valence-electron chi connectivity index (χ2n) is 13.7. The van der Waals surface area contributed by atoms with E-state index in [-0.39, 0.29) is 44.0 Å². The van der Waals surface area contributed by atoms with Gasteiger partial charge in [-0.05, 0) is 61.1 Å². The first kappa shape index (κ1) is 36.7. The van der Waals surface area contributed by atoms with Crippen LogP contribution in [0.3, 0.4) is 0 Å². The number of fused-ring (bicyclic) bond motifs is 5. The molecule has 252 valence electrons. The van der Waals surface area contributed by atoms with E-state index >= 15 is 0 Å². The van der Waals surface area contributed by atoms with Gasteiger partial charge < -0.3 is 38.8 Å². The highest BCUT2D eigenvalue weighted by atomic mass is 16.7. The van der Waals surface area contributed by atoms with Gasteiger partial charge in [-0.2, -0.15) is 0 Å². The predicted molar refractivity (Wildman–Crippen MR) is 163 cm³/mol. The van der Waals surface area contributed by atoms with Crippen LogP contribution in [0.4, 0.5) is 0 Å². The third-order valence-corrected chi connectivity index (χ3v) is 9.85. The van der Waals surface area contributed by atoms with E-state index < -0.39 is 77.3 Å². The first-order valence-electron chi connectivity index (χ1n) is 16.0. The Morgan fingerprint density at radius 1 is 1.00 bits per heavy atom. The molecule has 2 saturated heterocycles. The van der Waals surface area contributed by atoms with E-state index in [0.717, 1.165) is 0 Å². The van der Waals surface area contributed by atoms with Crippen molar-refractivity contribution in [2.24, 2.45) is 23.7 Å². The highest BCUT2D eigenvalue weighted by Gasteiger charge is 2.52. The lowest BCUT2D eigenvalue weighted by atomic mass is 9.74. The number of hydrogen-bond donors (Lipinski definition) is 2. The SMILES string of the molecule is CC[C@H]1OC(=O)C(C)C(=O)[C@@H](C)[C@@H](O[C@@H]2O[C@H](C)C[C@H](N(C)C)[C@H]2O)[C@]2(C)C[C@@H](C)C(=O)[C@H](C)[C@@H](OC/C=C/CO2)[C@]1(C)O. The van der Waals surface area contributed by atoms with Crippen LogP contribution in [0.2, 0.25) is 0 Å². The standard InChI is InChI=1S/C33H55NO10/c1-11-24-33(8,39)29-20(4)25(35)18(2)17-32(7,41-15-13-12-14-40-29)28(21(5)26(36)22(6)30(38)43-24)44-31-27(37)23(34(9)10)16-19(3)42-31/h12-13,18-24,27-29,31,37,39H,11,14-17H2,1-10H3/b13-12+/t18-,19-,20+,21-,22?,23+,24-,27-,28-,29-,31+,32+,33-/m1/s1. The Balaban J connectivity index is 2.18. The van der Waals surface area contributed by atoms with Gasteiger partial charge in [0.2, 0.25) is 0 Å². The van der Waals surface area contributed by atoms with Crippen molar-refractivity contribution >= 4 is 17.5 Å². The van der Waals surface area contributed by atoms with Crippen LogP contribution in [0.25, 0.3) is 0 Å². The minimum atomic E-state index is -1.73. The maximum Gasteiger partial charge on any atom is 0.316 e. The topological polar surface area (TPSA) is 141 Å². The molecule has 3 aliphatic rings. The van der Waals surface area contributed by atoms with Gasteiger partial charge in [-0.3, -0.25) is 14.4 Å². The Morgan fingerprint density at radius 3 is 2.25 bits per heavy atom. The van der Waals surface area contributed by atoms with E-state index in [2.05, 4.69) is 0 Å². The summed E-state index contributed by atoms with van der Waals surface area (Å²) in [6, 6.07) is -0.257. The van der Waals surface area contributed by atoms with Gasteiger partial charge in [-0.25, -0.2) is 0 Å². The number of rotatable bonds is 4. The molecule has 0 aromatic carbocycles. The number of likely N-dealkylation sites (N-methyl/N-ethyl adjacent to an activating group) is 1. The molecule has 0 amide bonds. The smallest absolute Gasteiger partial charge is 0.316 e. The number of carbonyl (C=O) groups excluding carboxylic acids is 3. The van der Waals surface area contributed by atoms with Crippen LogP contribution in [0.1, 0.15) is 74.7 Å². The average molecular weight is 626 g/mol. The Labute approximate surface area is 262 Å². The zero-order chi connectivity index (χ0) is 33.1. The summed E-state index contributed by atoms with van der Waals surface area (Å²) in [5.74, 6) is -4.90. The Kier molecular flexibility index (Phi) is 12.3. The van der Waals surface area contributed by atoms with Crippen LogP contribution in [-0.4, -0.2) is 114 Å². The summed E-state index contributed by atoms with van der Waals surface area (Å²) in [5, 5.41) is 23.1. The largest absolute Gasteiger partial charge is 0.459 e. The molecule has 0 aromatic rings. The fraction of sp³-hybridized carbons (Fsp3) is 0.848. The molecule has 0 saturated carbocycles. The third-order valence-electron chi connectivity index (χ3n) is 9.85. The molecule has 2 bridgehead atoms. The molecule has 1 unspecified atom stereocenters. The van der Waals surface area contributed by atoms with Crippen LogP contribution in [-0.2, 0) is 38.1 Å². The highest BCUT2D eigenvalue weighted by molar-refractivity contribution is 6.00. The molecule has 0 radical (unpaired) electrons. The molecular formula is C33H55NO10. The number of Topliss-reactive ketones (excluding diaryl/α,β-unsaturated/α-hetero) is 2. The van der Waals surface area contributed by atoms with Gasteiger partial charge in [0.25, 0.3) is 0 Å².